The van der Waals surface area contributed by atoms with Gasteiger partial charge >= 0.3 is 0 Å². The van der Waals surface area contributed by atoms with Crippen LogP contribution in [0.5, 0.6) is 5.88 Å². The Balaban J connectivity index is 0.000000161. The molecular weight excluding hydrogens is 375 g/mol. The largest absolute Gasteiger partial charge is 0.480 e. The Morgan fingerprint density at radius 3 is 2.77 bits per heavy atom. The first-order chi connectivity index (χ1) is 14.7. The van der Waals surface area contributed by atoms with Crippen LogP contribution in [0, 0.1) is 0 Å². The maximum absolute atomic E-state index is 5.63. The van der Waals surface area contributed by atoms with Gasteiger partial charge in [0.05, 0.1) is 24.4 Å². The van der Waals surface area contributed by atoms with Gasteiger partial charge in [-0.25, -0.2) is 19.9 Å². The lowest BCUT2D eigenvalue weighted by atomic mass is 9.93. The van der Waals surface area contributed by atoms with Crippen LogP contribution in [0.4, 0.5) is 0 Å². The number of aromatic amines is 1. The number of rotatable bonds is 3. The van der Waals surface area contributed by atoms with Gasteiger partial charge in [0.15, 0.2) is 11.5 Å². The number of nitrogens with zero attached hydrogens (tertiary/aromatic N) is 5. The summed E-state index contributed by atoms with van der Waals surface area (Å²) in [5.74, 6) is 1.55. The molecule has 1 aromatic carbocycles. The maximum atomic E-state index is 5.63. The highest BCUT2D eigenvalue weighted by atomic mass is 16.5. The third kappa shape index (κ3) is 3.65. The molecule has 0 bridgehead atoms. The highest BCUT2D eigenvalue weighted by molar-refractivity contribution is 6.32. The molecule has 0 atom stereocenters. The van der Waals surface area contributed by atoms with Crippen molar-refractivity contribution in [2.75, 3.05) is 7.11 Å². The highest BCUT2D eigenvalue weighted by Crippen LogP contribution is 2.44. The van der Waals surface area contributed by atoms with Gasteiger partial charge in [-0.15, -0.1) is 0 Å². The van der Waals surface area contributed by atoms with E-state index in [1.807, 2.05) is 6.07 Å². The van der Waals surface area contributed by atoms with E-state index in [1.165, 1.54) is 36.7 Å². The van der Waals surface area contributed by atoms with E-state index in [4.69, 9.17) is 12.6 Å². The number of H-pyrrole nitrogens is 1. The number of methoxy groups -OCH3 is 1. The fraction of sp³-hybridized carbons (Fsp3) is 0.318. The van der Waals surface area contributed by atoms with Crippen LogP contribution >= 0.6 is 0 Å². The normalized spacial score (nSPS) is 14.8. The molecule has 3 aromatic heterocycles. The Morgan fingerprint density at radius 1 is 1.07 bits per heavy atom. The molecule has 0 amide bonds. The molecule has 2 aliphatic rings. The summed E-state index contributed by atoms with van der Waals surface area (Å²) in [6.07, 6.45) is 11.0. The first kappa shape index (κ1) is 18.7. The van der Waals surface area contributed by atoms with E-state index in [0.717, 1.165) is 34.9 Å². The number of ether oxygens (including phenoxy) is 1. The van der Waals surface area contributed by atoms with Crippen molar-refractivity contribution in [1.82, 2.24) is 30.1 Å². The van der Waals surface area contributed by atoms with E-state index in [-0.39, 0.29) is 0 Å². The SMILES string of the molecule is COc1ncnc(C2CC2)c1-c1ncc2cn[nH]c2n1.[B]c1ccc2c(c1)CCC2. The van der Waals surface area contributed by atoms with Crippen molar-refractivity contribution < 1.29 is 4.74 Å². The van der Waals surface area contributed by atoms with Crippen molar-refractivity contribution in [2.45, 2.75) is 38.0 Å². The van der Waals surface area contributed by atoms with E-state index in [2.05, 4.69) is 42.3 Å². The lowest BCUT2D eigenvalue weighted by Crippen LogP contribution is -2.02. The van der Waals surface area contributed by atoms with Gasteiger partial charge < -0.3 is 4.74 Å². The van der Waals surface area contributed by atoms with Crippen LogP contribution in [0.25, 0.3) is 22.4 Å². The Hall–Kier alpha value is -3.29. The van der Waals surface area contributed by atoms with E-state index in [1.54, 1.807) is 19.5 Å². The third-order valence-electron chi connectivity index (χ3n) is 5.54. The molecule has 8 heteroatoms. The average Bonchev–Trinajstić information content (AvgIpc) is 3.33. The van der Waals surface area contributed by atoms with Crippen LogP contribution in [0.1, 0.15) is 42.0 Å². The second-order valence-corrected chi connectivity index (χ2v) is 7.67. The smallest absolute Gasteiger partial charge is 0.227 e. The fourth-order valence-corrected chi connectivity index (χ4v) is 3.86. The second-order valence-electron chi connectivity index (χ2n) is 7.67. The Labute approximate surface area is 175 Å². The highest BCUT2D eigenvalue weighted by Gasteiger charge is 2.31. The molecule has 6 rings (SSSR count). The van der Waals surface area contributed by atoms with Crippen molar-refractivity contribution in [3.63, 3.8) is 0 Å². The topological polar surface area (TPSA) is 89.5 Å². The molecule has 0 unspecified atom stereocenters. The summed E-state index contributed by atoms with van der Waals surface area (Å²) in [4.78, 5) is 17.5. The van der Waals surface area contributed by atoms with Crippen molar-refractivity contribution in [1.29, 1.82) is 0 Å². The van der Waals surface area contributed by atoms with Crippen molar-refractivity contribution >= 4 is 24.3 Å². The number of benzene rings is 1. The van der Waals surface area contributed by atoms with Gasteiger partial charge in [0.2, 0.25) is 5.88 Å². The maximum Gasteiger partial charge on any atom is 0.227 e. The number of hydrogen-bond donors (Lipinski definition) is 1. The fourth-order valence-electron chi connectivity index (χ4n) is 3.86. The van der Waals surface area contributed by atoms with E-state index in [9.17, 15) is 0 Å². The molecule has 1 saturated carbocycles. The van der Waals surface area contributed by atoms with Crippen LogP contribution in [-0.4, -0.2) is 45.1 Å². The molecular formula is C22H21BN6O. The second kappa shape index (κ2) is 7.86. The van der Waals surface area contributed by atoms with Gasteiger partial charge in [-0.2, -0.15) is 5.10 Å². The van der Waals surface area contributed by atoms with Gasteiger partial charge in [0.1, 0.15) is 19.7 Å². The first-order valence-corrected chi connectivity index (χ1v) is 10.2. The molecule has 4 aromatic rings. The lowest BCUT2D eigenvalue weighted by Gasteiger charge is -2.10. The molecule has 3 heterocycles. The molecule has 0 spiro atoms. The monoisotopic (exact) mass is 396 g/mol. The summed E-state index contributed by atoms with van der Waals surface area (Å²) in [6, 6.07) is 6.24. The van der Waals surface area contributed by atoms with Gasteiger partial charge in [0, 0.05) is 12.1 Å². The molecule has 148 valence electrons. The molecule has 30 heavy (non-hydrogen) atoms. The van der Waals surface area contributed by atoms with Gasteiger partial charge in [-0.1, -0.05) is 23.7 Å². The molecule has 2 aliphatic carbocycles. The van der Waals surface area contributed by atoms with Gasteiger partial charge in [-0.3, -0.25) is 5.10 Å². The van der Waals surface area contributed by atoms with E-state index < -0.39 is 0 Å². The van der Waals surface area contributed by atoms with Gasteiger partial charge in [0.25, 0.3) is 0 Å². The quantitative estimate of drug-likeness (QED) is 0.536. The Morgan fingerprint density at radius 2 is 1.93 bits per heavy atom. The molecule has 1 fully saturated rings. The molecule has 7 nitrogen and oxygen atoms in total. The third-order valence-corrected chi connectivity index (χ3v) is 5.54. The summed E-state index contributed by atoms with van der Waals surface area (Å²) in [7, 11) is 7.23. The predicted octanol–water partition coefficient (Wildman–Crippen LogP) is 2.67. The molecule has 0 saturated heterocycles. The summed E-state index contributed by atoms with van der Waals surface area (Å²) >= 11 is 0. The van der Waals surface area contributed by atoms with Crippen molar-refractivity contribution in [2.24, 2.45) is 0 Å². The minimum atomic E-state index is 0.461. The minimum Gasteiger partial charge on any atom is -0.480 e. The van der Waals surface area contributed by atoms with Crippen molar-refractivity contribution in [3.05, 3.63) is 53.7 Å². The van der Waals surface area contributed by atoms with Crippen LogP contribution in [-0.2, 0) is 12.8 Å². The number of aryl methyl sites for hydroxylation is 2. The number of nitrogens with one attached hydrogen (secondary N) is 1. The number of fused-ring (bicyclic) bond motifs is 2. The van der Waals surface area contributed by atoms with Crippen LogP contribution in [0.3, 0.4) is 0 Å². The van der Waals surface area contributed by atoms with E-state index in [0.29, 0.717) is 23.3 Å². The van der Waals surface area contributed by atoms with Gasteiger partial charge in [-0.05, 0) is 43.2 Å². The minimum absolute atomic E-state index is 0.461. The molecule has 1 N–H and O–H groups in total. The van der Waals surface area contributed by atoms with Crippen molar-refractivity contribution in [3.8, 4) is 17.3 Å². The summed E-state index contributed by atoms with van der Waals surface area (Å²) in [6.45, 7) is 0. The number of aromatic nitrogens is 6. The number of hydrogen-bond acceptors (Lipinski definition) is 6. The standard InChI is InChI=1S/C13H12N6O.C9H9B/c1-20-13-9(10(7-2-3-7)15-6-16-13)12-14-4-8-5-17-19-11(8)18-12;10-9-5-4-7-2-1-3-8(7)6-9/h4-7H,2-3H2,1H3,(H,14,17,18,19);4-6H,1-3H2. The Bertz CT molecular complexity index is 1200. The Kier molecular flexibility index (Phi) is 4.90. The van der Waals surface area contributed by atoms with Crippen LogP contribution in [0.15, 0.2) is 36.9 Å². The van der Waals surface area contributed by atoms with Crippen LogP contribution in [0.2, 0.25) is 0 Å². The predicted molar refractivity (Wildman–Crippen MR) is 115 cm³/mol. The summed E-state index contributed by atoms with van der Waals surface area (Å²) in [5.41, 5.74) is 6.31. The lowest BCUT2D eigenvalue weighted by molar-refractivity contribution is 0.397. The zero-order chi connectivity index (χ0) is 20.5. The average molecular weight is 396 g/mol. The van der Waals surface area contributed by atoms with E-state index >= 15 is 0 Å². The van der Waals surface area contributed by atoms with Crippen LogP contribution < -0.4 is 10.2 Å². The zero-order valence-electron chi connectivity index (χ0n) is 16.8. The molecule has 2 radical (unpaired) electrons. The first-order valence-electron chi connectivity index (χ1n) is 10.2. The zero-order valence-corrected chi connectivity index (χ0v) is 16.8. The molecule has 0 aliphatic heterocycles. The summed E-state index contributed by atoms with van der Waals surface area (Å²) < 4.78 is 5.35. The summed E-state index contributed by atoms with van der Waals surface area (Å²) in [5, 5.41) is 7.68.